The maximum absolute atomic E-state index is 10.5. The van der Waals surface area contributed by atoms with E-state index in [1.807, 2.05) is 0 Å². The fraction of sp³-hybridized carbons (Fsp3) is 0.909. The quantitative estimate of drug-likeness (QED) is 0.755. The van der Waals surface area contributed by atoms with E-state index < -0.39 is 5.97 Å². The second-order valence-corrected chi connectivity index (χ2v) is 4.63. The van der Waals surface area contributed by atoms with Crippen LogP contribution in [0.15, 0.2) is 0 Å². The summed E-state index contributed by atoms with van der Waals surface area (Å²) in [5.41, 5.74) is 0. The molecular weight excluding hydrogens is 194 g/mol. The fourth-order valence-electron chi connectivity index (χ4n) is 2.43. The third-order valence-corrected chi connectivity index (χ3v) is 3.45. The van der Waals surface area contributed by atoms with Crippen molar-refractivity contribution in [1.29, 1.82) is 0 Å². The smallest absolute Gasteiger partial charge is 0.303 e. The summed E-state index contributed by atoms with van der Waals surface area (Å²) in [6, 6.07) is 0.609. The van der Waals surface area contributed by atoms with Crippen LogP contribution in [-0.4, -0.2) is 48.3 Å². The SMILES string of the molecule is O=C(O)CCC1CCCN(C2COC2)C1. The molecule has 0 amide bonds. The van der Waals surface area contributed by atoms with Crippen molar-refractivity contribution in [2.75, 3.05) is 26.3 Å². The van der Waals surface area contributed by atoms with Gasteiger partial charge in [-0.3, -0.25) is 9.69 Å². The Morgan fingerprint density at radius 3 is 2.87 bits per heavy atom. The molecule has 2 aliphatic rings. The third kappa shape index (κ3) is 2.92. The number of carboxylic acids is 1. The zero-order valence-corrected chi connectivity index (χ0v) is 9.02. The highest BCUT2D eigenvalue weighted by Crippen LogP contribution is 2.24. The van der Waals surface area contributed by atoms with Gasteiger partial charge in [-0.2, -0.15) is 0 Å². The molecule has 1 atom stereocenters. The molecule has 86 valence electrons. The average molecular weight is 213 g/mol. The zero-order valence-electron chi connectivity index (χ0n) is 9.02. The highest BCUT2D eigenvalue weighted by atomic mass is 16.5. The van der Waals surface area contributed by atoms with Gasteiger partial charge in [0.05, 0.1) is 19.3 Å². The summed E-state index contributed by atoms with van der Waals surface area (Å²) in [5, 5.41) is 8.64. The van der Waals surface area contributed by atoms with E-state index in [-0.39, 0.29) is 0 Å². The molecule has 2 rings (SSSR count). The summed E-state index contributed by atoms with van der Waals surface area (Å²) in [7, 11) is 0. The van der Waals surface area contributed by atoms with E-state index in [0.29, 0.717) is 18.4 Å². The van der Waals surface area contributed by atoms with Crippen LogP contribution >= 0.6 is 0 Å². The lowest BCUT2D eigenvalue weighted by Gasteiger charge is -2.42. The Labute approximate surface area is 90.2 Å². The number of aliphatic carboxylic acids is 1. The largest absolute Gasteiger partial charge is 0.481 e. The number of ether oxygens (including phenoxy) is 1. The highest BCUT2D eigenvalue weighted by molar-refractivity contribution is 5.66. The number of likely N-dealkylation sites (tertiary alicyclic amines) is 1. The van der Waals surface area contributed by atoms with Crippen molar-refractivity contribution in [3.63, 3.8) is 0 Å². The molecule has 1 N–H and O–H groups in total. The summed E-state index contributed by atoms with van der Waals surface area (Å²) in [6.45, 7) is 3.97. The molecule has 0 radical (unpaired) electrons. The number of carbonyl (C=O) groups is 1. The number of hydrogen-bond donors (Lipinski definition) is 1. The first-order valence-electron chi connectivity index (χ1n) is 5.79. The molecule has 0 bridgehead atoms. The summed E-state index contributed by atoms with van der Waals surface area (Å²) in [4.78, 5) is 13.0. The zero-order chi connectivity index (χ0) is 10.7. The Hall–Kier alpha value is -0.610. The number of nitrogens with zero attached hydrogens (tertiary/aromatic N) is 1. The van der Waals surface area contributed by atoms with Crippen molar-refractivity contribution in [3.05, 3.63) is 0 Å². The van der Waals surface area contributed by atoms with Gasteiger partial charge in [0.1, 0.15) is 0 Å². The average Bonchev–Trinajstić information content (AvgIpc) is 2.13. The van der Waals surface area contributed by atoms with Crippen LogP contribution in [-0.2, 0) is 9.53 Å². The van der Waals surface area contributed by atoms with Crippen molar-refractivity contribution in [3.8, 4) is 0 Å². The Morgan fingerprint density at radius 2 is 2.27 bits per heavy atom. The maximum Gasteiger partial charge on any atom is 0.303 e. The maximum atomic E-state index is 10.5. The molecule has 15 heavy (non-hydrogen) atoms. The minimum atomic E-state index is -0.667. The van der Waals surface area contributed by atoms with E-state index in [2.05, 4.69) is 4.90 Å². The molecule has 2 aliphatic heterocycles. The molecular formula is C11H19NO3. The van der Waals surface area contributed by atoms with E-state index >= 15 is 0 Å². The molecule has 0 aromatic carbocycles. The summed E-state index contributed by atoms with van der Waals surface area (Å²) in [5.74, 6) is -0.0884. The summed E-state index contributed by atoms with van der Waals surface area (Å²) in [6.07, 6.45) is 3.55. The van der Waals surface area contributed by atoms with Crippen LogP contribution in [0.1, 0.15) is 25.7 Å². The van der Waals surface area contributed by atoms with E-state index in [1.165, 1.54) is 12.8 Å². The second kappa shape index (κ2) is 4.94. The van der Waals surface area contributed by atoms with Crippen LogP contribution in [0.25, 0.3) is 0 Å². The van der Waals surface area contributed by atoms with Gasteiger partial charge in [-0.05, 0) is 31.7 Å². The highest BCUT2D eigenvalue weighted by Gasteiger charge is 2.30. The first kappa shape index (κ1) is 10.9. The number of piperidine rings is 1. The summed E-state index contributed by atoms with van der Waals surface area (Å²) >= 11 is 0. The van der Waals surface area contributed by atoms with Gasteiger partial charge in [0.25, 0.3) is 0 Å². The minimum Gasteiger partial charge on any atom is -0.481 e. The van der Waals surface area contributed by atoms with E-state index in [4.69, 9.17) is 9.84 Å². The Bertz CT molecular complexity index is 228. The van der Waals surface area contributed by atoms with Gasteiger partial charge in [0.2, 0.25) is 0 Å². The van der Waals surface area contributed by atoms with Gasteiger partial charge in [-0.15, -0.1) is 0 Å². The molecule has 0 spiro atoms. The van der Waals surface area contributed by atoms with E-state index in [1.54, 1.807) is 0 Å². The Morgan fingerprint density at radius 1 is 1.47 bits per heavy atom. The minimum absolute atomic E-state index is 0.319. The number of carboxylic acid groups (broad SMARTS) is 1. The van der Waals surface area contributed by atoms with E-state index in [0.717, 1.165) is 32.7 Å². The van der Waals surface area contributed by atoms with Crippen LogP contribution in [0.4, 0.5) is 0 Å². The number of hydrogen-bond acceptors (Lipinski definition) is 3. The Kier molecular flexibility index (Phi) is 3.59. The van der Waals surface area contributed by atoms with Crippen LogP contribution in [0.3, 0.4) is 0 Å². The molecule has 2 heterocycles. The normalized spacial score (nSPS) is 28.7. The summed E-state index contributed by atoms with van der Waals surface area (Å²) < 4.78 is 5.19. The lowest BCUT2D eigenvalue weighted by Crippen LogP contribution is -2.52. The van der Waals surface area contributed by atoms with Gasteiger partial charge in [0, 0.05) is 13.0 Å². The van der Waals surface area contributed by atoms with Crippen molar-refractivity contribution in [1.82, 2.24) is 4.90 Å². The molecule has 0 aromatic rings. The predicted octanol–water partition coefficient (Wildman–Crippen LogP) is 0.962. The van der Waals surface area contributed by atoms with Crippen LogP contribution in [0.5, 0.6) is 0 Å². The van der Waals surface area contributed by atoms with Gasteiger partial charge in [-0.25, -0.2) is 0 Å². The molecule has 0 aromatic heterocycles. The molecule has 1 unspecified atom stereocenters. The van der Waals surface area contributed by atoms with Crippen LogP contribution < -0.4 is 0 Å². The molecule has 0 saturated carbocycles. The molecule has 4 heteroatoms. The van der Waals surface area contributed by atoms with Gasteiger partial charge in [-0.1, -0.05) is 0 Å². The topological polar surface area (TPSA) is 49.8 Å². The molecule has 2 fully saturated rings. The second-order valence-electron chi connectivity index (χ2n) is 4.63. The van der Waals surface area contributed by atoms with Crippen molar-refractivity contribution >= 4 is 5.97 Å². The van der Waals surface area contributed by atoms with E-state index in [9.17, 15) is 4.79 Å². The van der Waals surface area contributed by atoms with Crippen molar-refractivity contribution < 1.29 is 14.6 Å². The first-order valence-corrected chi connectivity index (χ1v) is 5.79. The monoisotopic (exact) mass is 213 g/mol. The Balaban J connectivity index is 1.73. The van der Waals surface area contributed by atoms with Crippen molar-refractivity contribution in [2.24, 2.45) is 5.92 Å². The van der Waals surface area contributed by atoms with Gasteiger partial charge >= 0.3 is 5.97 Å². The van der Waals surface area contributed by atoms with Crippen LogP contribution in [0, 0.1) is 5.92 Å². The number of rotatable bonds is 4. The molecule has 4 nitrogen and oxygen atoms in total. The lowest BCUT2D eigenvalue weighted by atomic mass is 9.92. The van der Waals surface area contributed by atoms with Gasteiger partial charge < -0.3 is 9.84 Å². The fourth-order valence-corrected chi connectivity index (χ4v) is 2.43. The van der Waals surface area contributed by atoms with Crippen LogP contribution in [0.2, 0.25) is 0 Å². The molecule has 0 aliphatic carbocycles. The standard InChI is InChI=1S/C11H19NO3/c13-11(14)4-3-9-2-1-5-12(6-9)10-7-15-8-10/h9-10H,1-8H2,(H,13,14). The molecule has 2 saturated heterocycles. The van der Waals surface area contributed by atoms with Gasteiger partial charge in [0.15, 0.2) is 0 Å². The third-order valence-electron chi connectivity index (χ3n) is 3.45. The first-order chi connectivity index (χ1) is 7.25. The van der Waals surface area contributed by atoms with Crippen molar-refractivity contribution in [2.45, 2.75) is 31.7 Å². The lowest BCUT2D eigenvalue weighted by molar-refractivity contribution is -0.137. The predicted molar refractivity (Wildman–Crippen MR) is 55.8 cm³/mol.